The first-order chi connectivity index (χ1) is 3.79. The fourth-order valence-electron chi connectivity index (χ4n) is 0.691. The summed E-state index contributed by atoms with van der Waals surface area (Å²) in [5.74, 6) is 0. The van der Waals surface area contributed by atoms with Crippen LogP contribution >= 0.6 is 11.9 Å². The van der Waals surface area contributed by atoms with Crippen LogP contribution in [-0.4, -0.2) is 22.6 Å². The first-order valence-electron chi connectivity index (χ1n) is 3.21. The smallest absolute Gasteiger partial charge is 0.0138 e. The van der Waals surface area contributed by atoms with Crippen molar-refractivity contribution in [3.63, 3.8) is 0 Å². The molecular formula is C6H13NS. The molecule has 1 nitrogen and oxygen atoms in total. The predicted molar refractivity (Wildman–Crippen MR) is 38.9 cm³/mol. The molecule has 8 heavy (non-hydrogen) atoms. The van der Waals surface area contributed by atoms with Gasteiger partial charge in [0, 0.05) is 18.3 Å². The molecule has 0 unspecified atom stereocenters. The van der Waals surface area contributed by atoms with Gasteiger partial charge in [0.15, 0.2) is 0 Å². The topological polar surface area (TPSA) is 3.24 Å². The SMILES string of the molecule is CC(C)SN1CCC1. The molecule has 1 saturated heterocycles. The molecule has 2 heteroatoms. The van der Waals surface area contributed by atoms with Gasteiger partial charge in [-0.25, -0.2) is 0 Å². The van der Waals surface area contributed by atoms with Gasteiger partial charge in [-0.1, -0.05) is 25.8 Å². The van der Waals surface area contributed by atoms with E-state index in [9.17, 15) is 0 Å². The van der Waals surface area contributed by atoms with E-state index in [0.717, 1.165) is 5.25 Å². The van der Waals surface area contributed by atoms with Crippen molar-refractivity contribution >= 4 is 11.9 Å². The molecule has 48 valence electrons. The molecule has 1 aliphatic rings. The van der Waals surface area contributed by atoms with Crippen LogP contribution in [0.5, 0.6) is 0 Å². The highest BCUT2D eigenvalue weighted by Gasteiger charge is 2.14. The lowest BCUT2D eigenvalue weighted by atomic mass is 10.3. The van der Waals surface area contributed by atoms with E-state index in [-0.39, 0.29) is 0 Å². The van der Waals surface area contributed by atoms with Crippen molar-refractivity contribution < 1.29 is 0 Å². The third-order valence-corrected chi connectivity index (χ3v) is 2.26. The molecule has 0 aromatic carbocycles. The lowest BCUT2D eigenvalue weighted by Crippen LogP contribution is -2.31. The third kappa shape index (κ3) is 1.67. The molecule has 0 bridgehead atoms. The first kappa shape index (κ1) is 6.43. The van der Waals surface area contributed by atoms with Gasteiger partial charge in [0.05, 0.1) is 0 Å². The van der Waals surface area contributed by atoms with Crippen molar-refractivity contribution in [3.05, 3.63) is 0 Å². The van der Waals surface area contributed by atoms with Crippen molar-refractivity contribution in [2.45, 2.75) is 25.5 Å². The number of hydrogen-bond acceptors (Lipinski definition) is 2. The molecule has 1 fully saturated rings. The Kier molecular flexibility index (Phi) is 2.20. The summed E-state index contributed by atoms with van der Waals surface area (Å²) < 4.78 is 2.42. The average Bonchev–Trinajstić information content (AvgIpc) is 1.55. The summed E-state index contributed by atoms with van der Waals surface area (Å²) in [6.07, 6.45) is 1.40. The van der Waals surface area contributed by atoms with Crippen LogP contribution in [0, 0.1) is 0 Å². The minimum atomic E-state index is 0.773. The van der Waals surface area contributed by atoms with Crippen molar-refractivity contribution in [1.29, 1.82) is 0 Å². The van der Waals surface area contributed by atoms with Gasteiger partial charge in [0.2, 0.25) is 0 Å². The Morgan fingerprint density at radius 3 is 2.12 bits per heavy atom. The van der Waals surface area contributed by atoms with Crippen LogP contribution in [0.15, 0.2) is 0 Å². The fourth-order valence-corrected chi connectivity index (χ4v) is 1.76. The van der Waals surface area contributed by atoms with Crippen LogP contribution < -0.4 is 0 Å². The van der Waals surface area contributed by atoms with E-state index in [1.807, 2.05) is 11.9 Å². The highest BCUT2D eigenvalue weighted by atomic mass is 32.2. The summed E-state index contributed by atoms with van der Waals surface area (Å²) in [5.41, 5.74) is 0. The Labute approximate surface area is 55.6 Å². The monoisotopic (exact) mass is 131 g/mol. The Morgan fingerprint density at radius 1 is 1.38 bits per heavy atom. The van der Waals surface area contributed by atoms with Crippen LogP contribution in [0.25, 0.3) is 0 Å². The summed E-state index contributed by atoms with van der Waals surface area (Å²) in [6, 6.07) is 0. The van der Waals surface area contributed by atoms with Gasteiger partial charge in [0.25, 0.3) is 0 Å². The molecule has 0 amide bonds. The van der Waals surface area contributed by atoms with Crippen LogP contribution in [0.1, 0.15) is 20.3 Å². The third-order valence-electron chi connectivity index (χ3n) is 1.17. The van der Waals surface area contributed by atoms with Crippen LogP contribution in [0.2, 0.25) is 0 Å². The summed E-state index contributed by atoms with van der Waals surface area (Å²) in [5, 5.41) is 0.773. The second-order valence-electron chi connectivity index (χ2n) is 2.44. The standard InChI is InChI=1S/C6H13NS/c1-6(2)8-7-4-3-5-7/h6H,3-5H2,1-2H3. The number of hydrogen-bond donors (Lipinski definition) is 0. The lowest BCUT2D eigenvalue weighted by molar-refractivity contribution is 0.342. The molecule has 0 aromatic heterocycles. The van der Waals surface area contributed by atoms with E-state index in [2.05, 4.69) is 18.2 Å². The zero-order valence-corrected chi connectivity index (χ0v) is 6.37. The van der Waals surface area contributed by atoms with Gasteiger partial charge in [0.1, 0.15) is 0 Å². The zero-order valence-electron chi connectivity index (χ0n) is 5.55. The maximum Gasteiger partial charge on any atom is 0.0138 e. The molecule has 0 radical (unpaired) electrons. The van der Waals surface area contributed by atoms with Crippen molar-refractivity contribution in [2.24, 2.45) is 0 Å². The Hall–Kier alpha value is 0.310. The second kappa shape index (κ2) is 2.74. The molecule has 0 aliphatic carbocycles. The summed E-state index contributed by atoms with van der Waals surface area (Å²) in [4.78, 5) is 0. The molecule has 1 aliphatic heterocycles. The summed E-state index contributed by atoms with van der Waals surface area (Å²) in [6.45, 7) is 7.09. The Balaban J connectivity index is 2.01. The van der Waals surface area contributed by atoms with Crippen LogP contribution in [-0.2, 0) is 0 Å². The fraction of sp³-hybridized carbons (Fsp3) is 1.00. The maximum atomic E-state index is 2.42. The minimum absolute atomic E-state index is 0.773. The summed E-state index contributed by atoms with van der Waals surface area (Å²) >= 11 is 1.97. The van der Waals surface area contributed by atoms with E-state index in [0.29, 0.717) is 0 Å². The van der Waals surface area contributed by atoms with Gasteiger partial charge in [-0.15, -0.1) is 0 Å². The van der Waals surface area contributed by atoms with Gasteiger partial charge >= 0.3 is 0 Å². The maximum absolute atomic E-state index is 2.42. The molecule has 0 N–H and O–H groups in total. The molecule has 0 saturated carbocycles. The number of nitrogens with zero attached hydrogens (tertiary/aromatic N) is 1. The first-order valence-corrected chi connectivity index (χ1v) is 4.04. The second-order valence-corrected chi connectivity index (χ2v) is 4.11. The van der Waals surface area contributed by atoms with E-state index in [4.69, 9.17) is 0 Å². The molecular weight excluding hydrogens is 118 g/mol. The molecule has 1 rings (SSSR count). The molecule has 0 aromatic rings. The van der Waals surface area contributed by atoms with Gasteiger partial charge in [-0.05, 0) is 6.42 Å². The predicted octanol–water partition coefficient (Wildman–Crippen LogP) is 1.75. The normalized spacial score (nSPS) is 21.4. The minimum Gasteiger partial charge on any atom is -0.250 e. The quantitative estimate of drug-likeness (QED) is 0.525. The molecule has 0 spiro atoms. The molecule has 1 heterocycles. The van der Waals surface area contributed by atoms with E-state index in [1.165, 1.54) is 19.5 Å². The largest absolute Gasteiger partial charge is 0.250 e. The lowest BCUT2D eigenvalue weighted by Gasteiger charge is -2.30. The van der Waals surface area contributed by atoms with Gasteiger partial charge in [-0.3, -0.25) is 4.31 Å². The Morgan fingerprint density at radius 2 is 2.00 bits per heavy atom. The Bertz CT molecular complexity index is 68.9. The highest BCUT2D eigenvalue weighted by molar-refractivity contribution is 7.97. The van der Waals surface area contributed by atoms with Crippen molar-refractivity contribution in [1.82, 2.24) is 4.31 Å². The van der Waals surface area contributed by atoms with Crippen molar-refractivity contribution in [3.8, 4) is 0 Å². The number of rotatable bonds is 2. The van der Waals surface area contributed by atoms with E-state index in [1.54, 1.807) is 0 Å². The highest BCUT2D eigenvalue weighted by Crippen LogP contribution is 2.21. The van der Waals surface area contributed by atoms with Crippen LogP contribution in [0.4, 0.5) is 0 Å². The molecule has 0 atom stereocenters. The van der Waals surface area contributed by atoms with Crippen molar-refractivity contribution in [2.75, 3.05) is 13.1 Å². The zero-order chi connectivity index (χ0) is 5.98. The average molecular weight is 131 g/mol. The summed E-state index contributed by atoms with van der Waals surface area (Å²) in [7, 11) is 0. The van der Waals surface area contributed by atoms with Gasteiger partial charge in [-0.2, -0.15) is 0 Å². The van der Waals surface area contributed by atoms with E-state index < -0.39 is 0 Å². The van der Waals surface area contributed by atoms with Crippen LogP contribution in [0.3, 0.4) is 0 Å². The van der Waals surface area contributed by atoms with E-state index >= 15 is 0 Å². The van der Waals surface area contributed by atoms with Gasteiger partial charge < -0.3 is 0 Å².